The van der Waals surface area contributed by atoms with Crippen LogP contribution in [0.1, 0.15) is 38.5 Å². The molecule has 0 spiro atoms. The number of hydrogen-bond acceptors (Lipinski definition) is 4. The van der Waals surface area contributed by atoms with Crippen LogP contribution in [0.5, 0.6) is 0 Å². The van der Waals surface area contributed by atoms with Crippen molar-refractivity contribution in [2.24, 2.45) is 0 Å². The van der Waals surface area contributed by atoms with Crippen molar-refractivity contribution in [2.45, 2.75) is 49.8 Å². The number of carbonyl (C=O) groups is 1. The maximum absolute atomic E-state index is 12.3. The van der Waals surface area contributed by atoms with Gasteiger partial charge in [-0.3, -0.25) is 4.79 Å². The zero-order valence-electron chi connectivity index (χ0n) is 11.6. The summed E-state index contributed by atoms with van der Waals surface area (Å²) < 4.78 is 0. The van der Waals surface area contributed by atoms with E-state index in [1.54, 1.807) is 0 Å². The van der Waals surface area contributed by atoms with E-state index in [0.29, 0.717) is 23.0 Å². The van der Waals surface area contributed by atoms with E-state index in [0.717, 1.165) is 45.3 Å². The van der Waals surface area contributed by atoms with Gasteiger partial charge in [-0.05, 0) is 51.6 Å². The second-order valence-corrected chi connectivity index (χ2v) is 6.80. The van der Waals surface area contributed by atoms with Crippen molar-refractivity contribution < 1.29 is 9.90 Å². The Kier molecular flexibility index (Phi) is 6.47. The van der Waals surface area contributed by atoms with Crippen LogP contribution in [0.2, 0.25) is 0 Å². The van der Waals surface area contributed by atoms with E-state index in [4.69, 9.17) is 5.11 Å². The van der Waals surface area contributed by atoms with Crippen LogP contribution in [-0.2, 0) is 4.79 Å². The minimum absolute atomic E-state index is 0.238. The summed E-state index contributed by atoms with van der Waals surface area (Å²) in [4.78, 5) is 14.3. The van der Waals surface area contributed by atoms with Crippen LogP contribution in [0.3, 0.4) is 0 Å². The summed E-state index contributed by atoms with van der Waals surface area (Å²) in [5.41, 5.74) is 0. The maximum atomic E-state index is 12.3. The number of amides is 1. The number of hydrogen-bond donors (Lipinski definition) is 2. The first kappa shape index (κ1) is 15.1. The van der Waals surface area contributed by atoms with Gasteiger partial charge in [-0.1, -0.05) is 0 Å². The molecule has 0 saturated carbocycles. The molecule has 1 unspecified atom stereocenters. The Morgan fingerprint density at radius 1 is 1.32 bits per heavy atom. The third-order valence-corrected chi connectivity index (χ3v) is 5.48. The van der Waals surface area contributed by atoms with Gasteiger partial charge < -0.3 is 15.3 Å². The summed E-state index contributed by atoms with van der Waals surface area (Å²) in [5, 5.41) is 12.9. The zero-order valence-corrected chi connectivity index (χ0v) is 12.5. The minimum Gasteiger partial charge on any atom is -0.396 e. The summed E-state index contributed by atoms with van der Waals surface area (Å²) in [5.74, 6) is 0.948. The molecule has 1 atom stereocenters. The average Bonchev–Trinajstić information content (AvgIpc) is 2.92. The lowest BCUT2D eigenvalue weighted by Crippen LogP contribution is -2.37. The number of piperidine rings is 1. The molecule has 110 valence electrons. The zero-order chi connectivity index (χ0) is 13.5. The molecule has 2 heterocycles. The summed E-state index contributed by atoms with van der Waals surface area (Å²) in [6, 6.07) is 0.383. The van der Waals surface area contributed by atoms with Gasteiger partial charge in [0.25, 0.3) is 0 Å². The Morgan fingerprint density at radius 3 is 2.84 bits per heavy atom. The van der Waals surface area contributed by atoms with Gasteiger partial charge >= 0.3 is 0 Å². The highest BCUT2D eigenvalue weighted by molar-refractivity contribution is 8.00. The van der Waals surface area contributed by atoms with E-state index in [2.05, 4.69) is 10.2 Å². The Balaban J connectivity index is 1.71. The van der Waals surface area contributed by atoms with Crippen molar-refractivity contribution in [3.8, 4) is 0 Å². The van der Waals surface area contributed by atoms with Crippen LogP contribution < -0.4 is 5.32 Å². The van der Waals surface area contributed by atoms with Crippen LogP contribution >= 0.6 is 11.8 Å². The number of likely N-dealkylation sites (tertiary alicyclic amines) is 1. The summed E-state index contributed by atoms with van der Waals surface area (Å²) in [7, 11) is 0. The van der Waals surface area contributed by atoms with E-state index in [1.165, 1.54) is 12.8 Å². The van der Waals surface area contributed by atoms with Crippen molar-refractivity contribution in [1.29, 1.82) is 0 Å². The average molecular weight is 286 g/mol. The number of rotatable bonds is 6. The number of aliphatic hydroxyl groups excluding tert-OH is 1. The Morgan fingerprint density at radius 2 is 2.11 bits per heavy atom. The Hall–Kier alpha value is -0.260. The third-order valence-electron chi connectivity index (χ3n) is 4.12. The Labute approximate surface area is 120 Å². The highest BCUT2D eigenvalue weighted by Crippen LogP contribution is 2.25. The number of thioether (sulfide) groups is 1. The number of carbonyl (C=O) groups excluding carboxylic acids is 1. The van der Waals surface area contributed by atoms with Crippen LogP contribution in [0.4, 0.5) is 0 Å². The van der Waals surface area contributed by atoms with Crippen molar-refractivity contribution in [2.75, 3.05) is 32.0 Å². The SMILES string of the molecule is O=C(CSC1CCNCC1)N1CCCC1CCCO. The van der Waals surface area contributed by atoms with Crippen LogP contribution in [0.15, 0.2) is 0 Å². The van der Waals surface area contributed by atoms with Gasteiger partial charge in [-0.25, -0.2) is 0 Å². The van der Waals surface area contributed by atoms with Gasteiger partial charge in [0, 0.05) is 24.4 Å². The number of aliphatic hydroxyl groups is 1. The van der Waals surface area contributed by atoms with Crippen LogP contribution in [-0.4, -0.2) is 59.2 Å². The van der Waals surface area contributed by atoms with Gasteiger partial charge in [-0.15, -0.1) is 11.8 Å². The highest BCUT2D eigenvalue weighted by atomic mass is 32.2. The molecule has 2 saturated heterocycles. The van der Waals surface area contributed by atoms with Gasteiger partial charge in [0.1, 0.15) is 0 Å². The summed E-state index contributed by atoms with van der Waals surface area (Å²) >= 11 is 1.84. The van der Waals surface area contributed by atoms with Crippen LogP contribution in [0, 0.1) is 0 Å². The van der Waals surface area contributed by atoms with Crippen molar-refractivity contribution in [3.05, 3.63) is 0 Å². The molecule has 19 heavy (non-hydrogen) atoms. The molecule has 4 nitrogen and oxygen atoms in total. The van der Waals surface area contributed by atoms with Gasteiger partial charge in [0.15, 0.2) is 0 Å². The van der Waals surface area contributed by atoms with Crippen molar-refractivity contribution >= 4 is 17.7 Å². The fourth-order valence-corrected chi connectivity index (χ4v) is 4.14. The van der Waals surface area contributed by atoms with E-state index >= 15 is 0 Å². The molecular weight excluding hydrogens is 260 g/mol. The molecule has 2 aliphatic rings. The lowest BCUT2D eigenvalue weighted by molar-refractivity contribution is -0.129. The van der Waals surface area contributed by atoms with Crippen LogP contribution in [0.25, 0.3) is 0 Å². The van der Waals surface area contributed by atoms with Crippen molar-refractivity contribution in [3.63, 3.8) is 0 Å². The van der Waals surface area contributed by atoms with E-state index < -0.39 is 0 Å². The molecule has 0 aromatic carbocycles. The van der Waals surface area contributed by atoms with E-state index in [9.17, 15) is 4.79 Å². The predicted molar refractivity (Wildman–Crippen MR) is 79.4 cm³/mol. The smallest absolute Gasteiger partial charge is 0.232 e. The molecule has 0 aliphatic carbocycles. The molecule has 0 aromatic rings. The second kappa shape index (κ2) is 8.12. The standard InChI is InChI=1S/C14H26N2O2S/c17-10-2-4-12-3-1-9-16(12)14(18)11-19-13-5-7-15-8-6-13/h12-13,15,17H,1-11H2. The molecule has 2 N–H and O–H groups in total. The fourth-order valence-electron chi connectivity index (χ4n) is 3.03. The fraction of sp³-hybridized carbons (Fsp3) is 0.929. The van der Waals surface area contributed by atoms with E-state index in [1.807, 2.05) is 11.8 Å². The number of nitrogens with one attached hydrogen (secondary N) is 1. The summed E-state index contributed by atoms with van der Waals surface area (Å²) in [6.45, 7) is 3.34. The Bertz CT molecular complexity index is 283. The third kappa shape index (κ3) is 4.65. The first-order valence-electron chi connectivity index (χ1n) is 7.54. The maximum Gasteiger partial charge on any atom is 0.232 e. The second-order valence-electron chi connectivity index (χ2n) is 5.51. The molecule has 1 amide bonds. The molecule has 0 aromatic heterocycles. The normalized spacial score (nSPS) is 24.9. The van der Waals surface area contributed by atoms with Crippen molar-refractivity contribution in [1.82, 2.24) is 10.2 Å². The molecule has 0 radical (unpaired) electrons. The summed E-state index contributed by atoms with van der Waals surface area (Å²) in [6.07, 6.45) is 6.39. The first-order valence-corrected chi connectivity index (χ1v) is 8.59. The molecular formula is C14H26N2O2S. The van der Waals surface area contributed by atoms with E-state index in [-0.39, 0.29) is 6.61 Å². The number of nitrogens with zero attached hydrogens (tertiary/aromatic N) is 1. The van der Waals surface area contributed by atoms with Gasteiger partial charge in [0.2, 0.25) is 5.91 Å². The molecule has 5 heteroatoms. The van der Waals surface area contributed by atoms with Gasteiger partial charge in [-0.2, -0.15) is 0 Å². The molecule has 0 bridgehead atoms. The lowest BCUT2D eigenvalue weighted by atomic mass is 10.1. The first-order chi connectivity index (χ1) is 9.31. The van der Waals surface area contributed by atoms with Gasteiger partial charge in [0.05, 0.1) is 5.75 Å². The largest absolute Gasteiger partial charge is 0.396 e. The molecule has 2 aliphatic heterocycles. The monoisotopic (exact) mass is 286 g/mol. The topological polar surface area (TPSA) is 52.6 Å². The quantitative estimate of drug-likeness (QED) is 0.771. The lowest BCUT2D eigenvalue weighted by Gasteiger charge is -2.26. The molecule has 2 fully saturated rings. The predicted octanol–water partition coefficient (Wildman–Crippen LogP) is 1.24. The molecule has 2 rings (SSSR count). The minimum atomic E-state index is 0.238. The highest BCUT2D eigenvalue weighted by Gasteiger charge is 2.28.